The third kappa shape index (κ3) is 7.01. The summed E-state index contributed by atoms with van der Waals surface area (Å²) >= 11 is 0. The number of hydrogen-bond donors (Lipinski definition) is 2. The van der Waals surface area contributed by atoms with Gasteiger partial charge in [0.15, 0.2) is 0 Å². The van der Waals surface area contributed by atoms with Crippen molar-refractivity contribution in [1.82, 2.24) is 9.88 Å². The van der Waals surface area contributed by atoms with E-state index in [1.807, 2.05) is 48.8 Å². The fraction of sp³-hybridized carbons (Fsp3) is 0.400. The summed E-state index contributed by atoms with van der Waals surface area (Å²) in [5, 5.41) is 11.7. The van der Waals surface area contributed by atoms with E-state index in [4.69, 9.17) is 9.84 Å². The Balaban J connectivity index is 1.89. The normalized spacial score (nSPS) is 11.7. The van der Waals surface area contributed by atoms with Crippen LogP contribution in [0.1, 0.15) is 37.3 Å². The van der Waals surface area contributed by atoms with E-state index >= 15 is 0 Å². The molecule has 0 bridgehead atoms. The van der Waals surface area contributed by atoms with E-state index in [2.05, 4.69) is 16.8 Å². The Labute approximate surface area is 153 Å². The van der Waals surface area contributed by atoms with Gasteiger partial charge >= 0.3 is 12.1 Å². The summed E-state index contributed by atoms with van der Waals surface area (Å²) < 4.78 is 7.34. The summed E-state index contributed by atoms with van der Waals surface area (Å²) in [5.41, 5.74) is 1.97. The molecule has 1 unspecified atom stereocenters. The fourth-order valence-electron chi connectivity index (χ4n) is 2.75. The third-order valence-electron chi connectivity index (χ3n) is 4.02. The molecule has 140 valence electrons. The molecule has 0 radical (unpaired) electrons. The van der Waals surface area contributed by atoms with E-state index in [1.54, 1.807) is 0 Å². The van der Waals surface area contributed by atoms with E-state index in [1.165, 1.54) is 0 Å². The minimum atomic E-state index is -0.877. The molecule has 2 rings (SSSR count). The number of hydrogen-bond acceptors (Lipinski definition) is 3. The van der Waals surface area contributed by atoms with Crippen LogP contribution >= 0.6 is 0 Å². The first-order valence-corrected chi connectivity index (χ1v) is 8.90. The number of aliphatic carboxylic acids is 1. The number of carbonyl (C=O) groups excluding carboxylic acids is 1. The number of alkyl carbamates (subject to hydrolysis) is 1. The predicted molar refractivity (Wildman–Crippen MR) is 98.8 cm³/mol. The van der Waals surface area contributed by atoms with Gasteiger partial charge in [-0.15, -0.1) is 0 Å². The first-order valence-electron chi connectivity index (χ1n) is 8.90. The topological polar surface area (TPSA) is 80.6 Å². The first-order chi connectivity index (χ1) is 12.6. The first kappa shape index (κ1) is 19.6. The van der Waals surface area contributed by atoms with E-state index in [9.17, 15) is 9.59 Å². The van der Waals surface area contributed by atoms with Gasteiger partial charge in [-0.1, -0.05) is 37.3 Å². The van der Waals surface area contributed by atoms with Crippen molar-refractivity contribution in [2.75, 3.05) is 0 Å². The van der Waals surface area contributed by atoms with Gasteiger partial charge in [-0.25, -0.2) is 4.79 Å². The van der Waals surface area contributed by atoms with E-state index in [0.717, 1.165) is 24.1 Å². The van der Waals surface area contributed by atoms with Gasteiger partial charge in [0.2, 0.25) is 0 Å². The predicted octanol–water partition coefficient (Wildman–Crippen LogP) is 3.60. The molecule has 1 aromatic heterocycles. The van der Waals surface area contributed by atoms with Gasteiger partial charge in [0.1, 0.15) is 6.61 Å². The molecular formula is C20H26N2O4. The molecule has 0 fully saturated rings. The van der Waals surface area contributed by atoms with Crippen molar-refractivity contribution in [3.63, 3.8) is 0 Å². The lowest BCUT2D eigenvalue weighted by atomic mass is 10.0. The smallest absolute Gasteiger partial charge is 0.407 e. The number of benzene rings is 1. The quantitative estimate of drug-likeness (QED) is 0.680. The Hall–Kier alpha value is -2.76. The highest BCUT2D eigenvalue weighted by Crippen LogP contribution is 2.10. The van der Waals surface area contributed by atoms with Crippen molar-refractivity contribution in [3.8, 4) is 0 Å². The zero-order valence-electron chi connectivity index (χ0n) is 15.1. The highest BCUT2D eigenvalue weighted by molar-refractivity contribution is 5.68. The van der Waals surface area contributed by atoms with Gasteiger partial charge in [0, 0.05) is 31.4 Å². The van der Waals surface area contributed by atoms with E-state index in [-0.39, 0.29) is 19.1 Å². The lowest BCUT2D eigenvalue weighted by molar-refractivity contribution is -0.137. The van der Waals surface area contributed by atoms with Crippen LogP contribution in [0.3, 0.4) is 0 Å². The highest BCUT2D eigenvalue weighted by Gasteiger charge is 2.16. The van der Waals surface area contributed by atoms with Gasteiger partial charge in [-0.3, -0.25) is 4.79 Å². The molecule has 6 nitrogen and oxygen atoms in total. The number of aryl methyl sites for hydroxylation is 1. The van der Waals surface area contributed by atoms with Crippen molar-refractivity contribution in [3.05, 3.63) is 59.9 Å². The number of nitrogens with one attached hydrogen (secondary N) is 1. The van der Waals surface area contributed by atoms with Crippen LogP contribution in [0.4, 0.5) is 4.79 Å². The number of carboxylic acid groups (broad SMARTS) is 1. The van der Waals surface area contributed by atoms with Crippen molar-refractivity contribution in [2.45, 2.75) is 51.8 Å². The van der Waals surface area contributed by atoms with Crippen LogP contribution in [0, 0.1) is 0 Å². The van der Waals surface area contributed by atoms with Crippen molar-refractivity contribution in [1.29, 1.82) is 0 Å². The number of carboxylic acids is 1. The maximum absolute atomic E-state index is 12.1. The Morgan fingerprint density at radius 2 is 1.96 bits per heavy atom. The fourth-order valence-corrected chi connectivity index (χ4v) is 2.75. The molecule has 0 saturated heterocycles. The molecule has 2 N–H and O–H groups in total. The molecule has 0 spiro atoms. The molecular weight excluding hydrogens is 332 g/mol. The molecule has 26 heavy (non-hydrogen) atoms. The third-order valence-corrected chi connectivity index (χ3v) is 4.02. The monoisotopic (exact) mass is 358 g/mol. The molecule has 0 aliphatic rings. The minimum Gasteiger partial charge on any atom is -0.481 e. The molecule has 1 heterocycles. The zero-order chi connectivity index (χ0) is 18.8. The average molecular weight is 358 g/mol. The Morgan fingerprint density at radius 3 is 2.65 bits per heavy atom. The molecule has 0 aliphatic carbocycles. The van der Waals surface area contributed by atoms with Gasteiger partial charge in [-0.2, -0.15) is 0 Å². The largest absolute Gasteiger partial charge is 0.481 e. The highest BCUT2D eigenvalue weighted by atomic mass is 16.5. The van der Waals surface area contributed by atoms with Crippen LogP contribution in [0.5, 0.6) is 0 Å². The Bertz CT molecular complexity index is 697. The molecule has 2 aromatic rings. The summed E-state index contributed by atoms with van der Waals surface area (Å²) in [6, 6.07) is 11.1. The lowest BCUT2D eigenvalue weighted by Gasteiger charge is -2.17. The summed E-state index contributed by atoms with van der Waals surface area (Å²) in [6.45, 7) is 3.23. The van der Waals surface area contributed by atoms with E-state index in [0.29, 0.717) is 12.8 Å². The lowest BCUT2D eigenvalue weighted by Crippen LogP contribution is -2.37. The summed E-state index contributed by atoms with van der Waals surface area (Å²) in [4.78, 5) is 23.0. The van der Waals surface area contributed by atoms with Crippen LogP contribution in [-0.4, -0.2) is 27.8 Å². The van der Waals surface area contributed by atoms with Gasteiger partial charge in [0.05, 0.1) is 0 Å². The van der Waals surface area contributed by atoms with Crippen LogP contribution in [0.25, 0.3) is 0 Å². The summed E-state index contributed by atoms with van der Waals surface area (Å²) in [6.07, 6.45) is 5.48. The summed E-state index contributed by atoms with van der Waals surface area (Å²) in [7, 11) is 0. The number of nitrogens with zero attached hydrogens (tertiary/aromatic N) is 1. The van der Waals surface area contributed by atoms with Crippen molar-refractivity contribution < 1.29 is 19.4 Å². The maximum Gasteiger partial charge on any atom is 0.407 e. The number of amides is 1. The van der Waals surface area contributed by atoms with Crippen LogP contribution in [-0.2, 0) is 29.1 Å². The van der Waals surface area contributed by atoms with Crippen LogP contribution < -0.4 is 5.32 Å². The van der Waals surface area contributed by atoms with Gasteiger partial charge in [-0.05, 0) is 36.5 Å². The number of carbonyl (C=O) groups is 2. The van der Waals surface area contributed by atoms with Crippen LogP contribution in [0.2, 0.25) is 0 Å². The van der Waals surface area contributed by atoms with Crippen molar-refractivity contribution >= 4 is 12.1 Å². The molecule has 6 heteroatoms. The molecule has 0 aliphatic heterocycles. The standard InChI is InChI=1S/C20H26N2O4/c1-2-11-22-12-10-17(14-22)13-18(8-9-19(23)24)21-20(25)26-15-16-6-4-3-5-7-16/h3-7,10,12,14,18H,2,8-9,11,13,15H2,1H3,(H,21,25)(H,23,24). The molecule has 0 saturated carbocycles. The SMILES string of the molecule is CCCn1ccc(CC(CCC(=O)O)NC(=O)OCc2ccccc2)c1. The average Bonchev–Trinajstić information content (AvgIpc) is 3.06. The second-order valence-corrected chi connectivity index (χ2v) is 6.30. The number of rotatable bonds is 10. The zero-order valence-corrected chi connectivity index (χ0v) is 15.1. The van der Waals surface area contributed by atoms with Crippen molar-refractivity contribution in [2.24, 2.45) is 0 Å². The Morgan fingerprint density at radius 1 is 1.19 bits per heavy atom. The van der Waals surface area contributed by atoms with Gasteiger partial charge in [0.25, 0.3) is 0 Å². The molecule has 1 amide bonds. The van der Waals surface area contributed by atoms with Crippen LogP contribution in [0.15, 0.2) is 48.8 Å². The second kappa shape index (κ2) is 10.3. The Kier molecular flexibility index (Phi) is 7.74. The van der Waals surface area contributed by atoms with E-state index < -0.39 is 12.1 Å². The minimum absolute atomic E-state index is 0.000694. The second-order valence-electron chi connectivity index (χ2n) is 6.30. The molecule has 1 atom stereocenters. The molecule has 1 aromatic carbocycles. The summed E-state index contributed by atoms with van der Waals surface area (Å²) in [5.74, 6) is -0.877. The number of aromatic nitrogens is 1. The maximum atomic E-state index is 12.1. The van der Waals surface area contributed by atoms with Gasteiger partial charge < -0.3 is 19.7 Å². The number of ether oxygens (including phenoxy) is 1.